The second kappa shape index (κ2) is 17.6. The first-order valence-electron chi connectivity index (χ1n) is 16.9. The maximum atomic E-state index is 15.4. The Balaban J connectivity index is 0.000000355. The summed E-state index contributed by atoms with van der Waals surface area (Å²) in [4.78, 5) is 0. The van der Waals surface area contributed by atoms with Gasteiger partial charge < -0.3 is 4.74 Å². The molecule has 0 saturated carbocycles. The van der Waals surface area contributed by atoms with Gasteiger partial charge in [0, 0.05) is 17.7 Å². The molecule has 328 valence electrons. The lowest BCUT2D eigenvalue weighted by Crippen LogP contribution is -2.81. The van der Waals surface area contributed by atoms with E-state index in [1.165, 1.54) is 5.56 Å². The summed E-state index contributed by atoms with van der Waals surface area (Å²) in [5.74, 6) is -70.5. The first-order chi connectivity index (χ1) is 28.9. The molecule has 0 fully saturated rings. The largest absolute Gasteiger partial charge is 0.491 e. The van der Waals surface area contributed by atoms with E-state index in [1.807, 2.05) is 44.2 Å². The fourth-order valence-corrected chi connectivity index (χ4v) is 6.57. The van der Waals surface area contributed by atoms with Crippen LogP contribution in [0.15, 0.2) is 54.9 Å². The molecule has 5 aromatic carbocycles. The molecule has 2 nitrogen and oxygen atoms in total. The summed E-state index contributed by atoms with van der Waals surface area (Å²) >= 11 is 0. The van der Waals surface area contributed by atoms with Gasteiger partial charge in [0.25, 0.3) is 0 Å². The predicted octanol–water partition coefficient (Wildman–Crippen LogP) is 8.66. The molecule has 0 N–H and O–H groups in total. The van der Waals surface area contributed by atoms with Crippen LogP contribution in [0.1, 0.15) is 19.4 Å². The van der Waals surface area contributed by atoms with Crippen LogP contribution in [0.2, 0.25) is 0 Å². The third-order valence-electron chi connectivity index (χ3n) is 9.14. The molecule has 62 heavy (non-hydrogen) atoms. The first-order valence-corrected chi connectivity index (χ1v) is 16.9. The second-order valence-corrected chi connectivity index (χ2v) is 13.2. The molecule has 0 aliphatic carbocycles. The van der Waals surface area contributed by atoms with E-state index in [-0.39, 0.29) is 6.10 Å². The van der Waals surface area contributed by atoms with Gasteiger partial charge in [-0.3, -0.25) is 0 Å². The Hall–Kier alpha value is -6.29. The van der Waals surface area contributed by atoms with Crippen molar-refractivity contribution in [1.82, 2.24) is 0 Å². The van der Waals surface area contributed by atoms with Crippen LogP contribution in [0.4, 0.5) is 87.8 Å². The minimum absolute atomic E-state index is 0.226. The fourth-order valence-electron chi connectivity index (χ4n) is 6.57. The van der Waals surface area contributed by atoms with Gasteiger partial charge in [0.15, 0.2) is 88.7 Å². The Bertz CT molecular complexity index is 2330. The van der Waals surface area contributed by atoms with Gasteiger partial charge in [-0.15, -0.1) is 21.9 Å². The molecule has 1 heterocycles. The van der Waals surface area contributed by atoms with Gasteiger partial charge in [-0.05, 0) is 38.1 Å². The Labute approximate surface area is 334 Å². The summed E-state index contributed by atoms with van der Waals surface area (Å²) < 4.78 is 302. The predicted molar refractivity (Wildman–Crippen MR) is 177 cm³/mol. The summed E-state index contributed by atoms with van der Waals surface area (Å²) in [7, 11) is 0. The monoisotopic (exact) mass is 907 g/mol. The number of benzene rings is 5. The maximum absolute atomic E-state index is 15.4. The number of halogens is 20. The summed E-state index contributed by atoms with van der Waals surface area (Å²) in [6, 6.07) is 14.4. The van der Waals surface area contributed by atoms with Gasteiger partial charge in [-0.25, -0.2) is 92.4 Å². The Morgan fingerprint density at radius 2 is 0.613 bits per heavy atom. The van der Waals surface area contributed by atoms with Crippen molar-refractivity contribution < 1.29 is 97.1 Å². The van der Waals surface area contributed by atoms with Gasteiger partial charge in [-0.2, -0.15) is 0 Å². The van der Waals surface area contributed by atoms with Gasteiger partial charge in [-0.1, -0.05) is 6.07 Å². The zero-order chi connectivity index (χ0) is 46.4. The molecule has 0 aliphatic heterocycles. The fraction of sp³-hybridized carbons (Fsp3) is 0.103. The van der Waals surface area contributed by atoms with Crippen molar-refractivity contribution in [3.8, 4) is 5.75 Å². The Kier molecular flexibility index (Phi) is 13.3. The molecule has 0 amide bonds. The average Bonchev–Trinajstić information content (AvgIpc) is 3.24. The van der Waals surface area contributed by atoms with Crippen molar-refractivity contribution in [3.05, 3.63) is 177 Å². The molecule has 6 rings (SSSR count). The van der Waals surface area contributed by atoms with E-state index < -0.39 is 144 Å². The van der Waals surface area contributed by atoms with E-state index in [2.05, 4.69) is 29.1 Å². The SMILES string of the molecule is CC(C)Oc1ccc(C[n+]2ccccc2)cc1.Fc1c(F)c(F)c([B-](c2c(F)c(F)c(F)c(F)c2F)(c2c(F)c(F)c(F)c(F)c2F)c2c(F)c(F)c(F)c(F)c2F)c(F)c1F. The highest BCUT2D eigenvalue weighted by atomic mass is 19.2. The summed E-state index contributed by atoms with van der Waals surface area (Å²) in [6.07, 6.45) is -2.85. The van der Waals surface area contributed by atoms with Crippen molar-refractivity contribution in [1.29, 1.82) is 0 Å². The minimum atomic E-state index is -7.22. The van der Waals surface area contributed by atoms with E-state index in [4.69, 9.17) is 4.74 Å². The van der Waals surface area contributed by atoms with Gasteiger partial charge in [0.2, 0.25) is 0 Å². The Morgan fingerprint density at radius 3 is 0.855 bits per heavy atom. The van der Waals surface area contributed by atoms with Crippen molar-refractivity contribution in [3.63, 3.8) is 0 Å². The number of aromatic nitrogens is 1. The molecule has 0 bridgehead atoms. The first kappa shape index (κ1) is 46.8. The summed E-state index contributed by atoms with van der Waals surface area (Å²) in [5.41, 5.74) is -13.1. The smallest absolute Gasteiger partial charge is 0.200 e. The topological polar surface area (TPSA) is 13.1 Å². The third kappa shape index (κ3) is 7.65. The number of rotatable bonds is 8. The maximum Gasteiger partial charge on any atom is 0.200 e. The Morgan fingerprint density at radius 1 is 0.371 bits per heavy atom. The zero-order valence-corrected chi connectivity index (χ0v) is 30.5. The minimum Gasteiger partial charge on any atom is -0.491 e. The van der Waals surface area contributed by atoms with E-state index in [9.17, 15) is 52.7 Å². The van der Waals surface area contributed by atoms with Crippen LogP contribution in [0.5, 0.6) is 5.75 Å². The summed E-state index contributed by atoms with van der Waals surface area (Å²) in [6.45, 7) is 4.96. The van der Waals surface area contributed by atoms with Crippen LogP contribution in [0.25, 0.3) is 0 Å². The molecule has 0 radical (unpaired) electrons. The molecule has 0 atom stereocenters. The molecule has 0 saturated heterocycles. The summed E-state index contributed by atoms with van der Waals surface area (Å²) in [5, 5.41) is 0. The van der Waals surface area contributed by atoms with Crippen LogP contribution in [0, 0.1) is 116 Å². The quantitative estimate of drug-likeness (QED) is 0.0491. The van der Waals surface area contributed by atoms with E-state index in [0.717, 1.165) is 12.3 Å². The second-order valence-electron chi connectivity index (χ2n) is 13.2. The van der Waals surface area contributed by atoms with Crippen LogP contribution >= 0.6 is 0 Å². The van der Waals surface area contributed by atoms with Crippen molar-refractivity contribution in [2.75, 3.05) is 0 Å². The number of hydrogen-bond acceptors (Lipinski definition) is 1. The standard InChI is InChI=1S/C24BF20.C15H18NO/c26-5-1(6(27)14(35)21(42)13(5)34)25(2-7(28)15(36)22(43)16(37)8(2)29,3-9(30)17(38)23(44)18(39)10(3)31)4-11(32)19(40)24(45)20(41)12(4)33;1-13(2)17-15-8-6-14(7-9-15)12-16-10-4-3-5-11-16/h;3-11,13H,12H2,1-2H3/q-1;+1. The number of ether oxygens (including phenoxy) is 1. The van der Waals surface area contributed by atoms with Crippen molar-refractivity contribution >= 4 is 28.0 Å². The van der Waals surface area contributed by atoms with Crippen molar-refractivity contribution in [2.45, 2.75) is 26.5 Å². The number of nitrogens with zero attached hydrogens (tertiary/aromatic N) is 1. The van der Waals surface area contributed by atoms with Crippen molar-refractivity contribution in [2.24, 2.45) is 0 Å². The molecular weight excluding hydrogens is 889 g/mol. The number of pyridine rings is 1. The lowest BCUT2D eigenvalue weighted by molar-refractivity contribution is -0.688. The molecule has 0 spiro atoms. The molecule has 0 unspecified atom stereocenters. The normalized spacial score (nSPS) is 11.6. The highest BCUT2D eigenvalue weighted by molar-refractivity contribution is 7.20. The van der Waals surface area contributed by atoms with E-state index >= 15 is 35.1 Å². The highest BCUT2D eigenvalue weighted by Gasteiger charge is 2.52. The lowest BCUT2D eigenvalue weighted by Gasteiger charge is -2.44. The number of hydrogen-bond donors (Lipinski definition) is 0. The van der Waals surface area contributed by atoms with Crippen LogP contribution in [-0.4, -0.2) is 12.2 Å². The van der Waals surface area contributed by atoms with E-state index in [0.29, 0.717) is 0 Å². The van der Waals surface area contributed by atoms with Crippen LogP contribution in [-0.2, 0) is 6.54 Å². The third-order valence-corrected chi connectivity index (χ3v) is 9.14. The van der Waals surface area contributed by atoms with Gasteiger partial charge >= 0.3 is 0 Å². The van der Waals surface area contributed by atoms with Gasteiger partial charge in [0.1, 0.15) is 58.4 Å². The molecule has 1 aromatic heterocycles. The zero-order valence-electron chi connectivity index (χ0n) is 30.5. The van der Waals surface area contributed by atoms with Gasteiger partial charge in [0.05, 0.1) is 6.10 Å². The molecule has 0 aliphatic rings. The van der Waals surface area contributed by atoms with E-state index in [1.54, 1.807) is 0 Å². The van der Waals surface area contributed by atoms with Crippen LogP contribution < -0.4 is 31.2 Å². The van der Waals surface area contributed by atoms with Crippen LogP contribution in [0.3, 0.4) is 0 Å². The molecule has 23 heteroatoms. The lowest BCUT2D eigenvalue weighted by atomic mass is 9.12. The highest BCUT2D eigenvalue weighted by Crippen LogP contribution is 2.31. The average molecular weight is 907 g/mol. The molecular formula is C39H18BF20NO. The molecule has 6 aromatic rings.